The zero-order valence-corrected chi connectivity index (χ0v) is 11.9. The van der Waals surface area contributed by atoms with Crippen LogP contribution in [0.3, 0.4) is 0 Å². The number of nitrogens with zero attached hydrogens (tertiary/aromatic N) is 2. The summed E-state index contributed by atoms with van der Waals surface area (Å²) in [4.78, 5) is 16.1. The minimum absolute atomic E-state index is 0.0341. The smallest absolute Gasteiger partial charge is 0.387 e. The van der Waals surface area contributed by atoms with Crippen molar-refractivity contribution in [3.8, 4) is 11.8 Å². The van der Waals surface area contributed by atoms with Gasteiger partial charge in [-0.15, -0.1) is 0 Å². The van der Waals surface area contributed by atoms with Crippen LogP contribution < -0.4 is 4.74 Å². The van der Waals surface area contributed by atoms with Crippen molar-refractivity contribution in [2.75, 3.05) is 0 Å². The van der Waals surface area contributed by atoms with Crippen LogP contribution in [0.15, 0.2) is 54.7 Å². The second-order valence-corrected chi connectivity index (χ2v) is 4.50. The van der Waals surface area contributed by atoms with Crippen LogP contribution in [-0.4, -0.2) is 17.4 Å². The maximum absolute atomic E-state index is 12.1. The number of carbonyl (C=O) groups excluding carboxylic acids is 1. The van der Waals surface area contributed by atoms with E-state index in [1.165, 1.54) is 42.6 Å². The van der Waals surface area contributed by atoms with Gasteiger partial charge in [0.25, 0.3) is 0 Å². The van der Waals surface area contributed by atoms with Gasteiger partial charge in [-0.2, -0.15) is 14.0 Å². The van der Waals surface area contributed by atoms with Gasteiger partial charge >= 0.3 is 6.61 Å². The lowest BCUT2D eigenvalue weighted by Gasteiger charge is -2.05. The molecule has 1 aromatic heterocycles. The minimum Gasteiger partial charge on any atom is -0.435 e. The second kappa shape index (κ2) is 7.80. The van der Waals surface area contributed by atoms with Crippen molar-refractivity contribution in [3.05, 3.63) is 66.0 Å². The normalized spacial score (nSPS) is 12.1. The molecule has 23 heavy (non-hydrogen) atoms. The van der Waals surface area contributed by atoms with Gasteiger partial charge in [-0.25, -0.2) is 0 Å². The Balaban J connectivity index is 2.07. The number of carbonyl (C=O) groups is 1. The number of ether oxygens (including phenoxy) is 1. The number of halogens is 2. The molecule has 0 amide bonds. The molecule has 1 heterocycles. The predicted octanol–water partition coefficient (Wildman–Crippen LogP) is 3.57. The van der Waals surface area contributed by atoms with Gasteiger partial charge in [-0.1, -0.05) is 24.3 Å². The Kier molecular flexibility index (Phi) is 5.53. The summed E-state index contributed by atoms with van der Waals surface area (Å²) < 4.78 is 28.3. The first-order valence-corrected chi connectivity index (χ1v) is 6.67. The van der Waals surface area contributed by atoms with E-state index in [0.29, 0.717) is 11.3 Å². The van der Waals surface area contributed by atoms with E-state index in [0.717, 1.165) is 0 Å². The van der Waals surface area contributed by atoms with Gasteiger partial charge in [0, 0.05) is 6.20 Å². The molecule has 0 saturated carbocycles. The highest BCUT2D eigenvalue weighted by atomic mass is 19.3. The van der Waals surface area contributed by atoms with E-state index < -0.39 is 18.3 Å². The van der Waals surface area contributed by atoms with Crippen molar-refractivity contribution in [3.63, 3.8) is 0 Å². The van der Waals surface area contributed by atoms with Crippen LogP contribution in [-0.2, 0) is 4.79 Å². The van der Waals surface area contributed by atoms with Crippen LogP contribution in [0, 0.1) is 11.3 Å². The number of aromatic nitrogens is 1. The molecule has 6 heteroatoms. The first-order valence-electron chi connectivity index (χ1n) is 6.67. The molecule has 116 valence electrons. The Bertz CT molecular complexity index is 723. The van der Waals surface area contributed by atoms with Gasteiger partial charge in [0.05, 0.1) is 11.8 Å². The molecule has 0 aliphatic rings. The molecule has 2 aromatic rings. The van der Waals surface area contributed by atoms with Crippen LogP contribution in [0.1, 0.15) is 17.2 Å². The van der Waals surface area contributed by atoms with Gasteiger partial charge in [-0.05, 0) is 35.9 Å². The molecule has 0 spiro atoms. The van der Waals surface area contributed by atoms with Gasteiger partial charge in [0.15, 0.2) is 11.7 Å². The Hall–Kier alpha value is -3.07. The maximum atomic E-state index is 12.1. The van der Waals surface area contributed by atoms with Gasteiger partial charge < -0.3 is 4.74 Å². The fraction of sp³-hybridized carbons (Fsp3) is 0.118. The van der Waals surface area contributed by atoms with Crippen LogP contribution in [0.4, 0.5) is 8.78 Å². The average molecular weight is 314 g/mol. The van der Waals surface area contributed by atoms with Crippen LogP contribution in [0.2, 0.25) is 0 Å². The van der Waals surface area contributed by atoms with Gasteiger partial charge in [-0.3, -0.25) is 9.78 Å². The number of hydrogen-bond donors (Lipinski definition) is 0. The van der Waals surface area contributed by atoms with Crippen molar-refractivity contribution in [2.45, 2.75) is 12.5 Å². The van der Waals surface area contributed by atoms with Crippen molar-refractivity contribution in [2.24, 2.45) is 0 Å². The summed E-state index contributed by atoms with van der Waals surface area (Å²) >= 11 is 0. The summed E-state index contributed by atoms with van der Waals surface area (Å²) in [5.41, 5.74) is 1.00. The van der Waals surface area contributed by atoms with E-state index >= 15 is 0 Å². The number of rotatable bonds is 6. The maximum Gasteiger partial charge on any atom is 0.387 e. The van der Waals surface area contributed by atoms with Gasteiger partial charge in [0.2, 0.25) is 0 Å². The molecule has 0 bridgehead atoms. The number of allylic oxidation sites excluding steroid dienone is 1. The number of alkyl halides is 2. The minimum atomic E-state index is -2.88. The summed E-state index contributed by atoms with van der Waals surface area (Å²) in [5, 5.41) is 9.14. The molecule has 0 saturated heterocycles. The zero-order valence-electron chi connectivity index (χ0n) is 11.9. The number of nitriles is 1. The molecule has 0 aliphatic heterocycles. The van der Waals surface area contributed by atoms with Crippen LogP contribution >= 0.6 is 0 Å². The number of hydrogen-bond acceptors (Lipinski definition) is 4. The van der Waals surface area contributed by atoms with E-state index in [1.54, 1.807) is 18.2 Å². The average Bonchev–Trinajstić information content (AvgIpc) is 2.55. The standard InChI is InChI=1S/C17H12F2N2O2/c18-17(19)23-13-7-4-12(5-8-13)6-9-16(22)14(11-20)15-3-1-2-10-21-15/h1-10,14,17H/b9-6-/t14-/m0/s1. The van der Waals surface area contributed by atoms with E-state index in [2.05, 4.69) is 9.72 Å². The molecule has 0 unspecified atom stereocenters. The lowest BCUT2D eigenvalue weighted by atomic mass is 10.00. The lowest BCUT2D eigenvalue weighted by molar-refractivity contribution is -0.114. The van der Waals surface area contributed by atoms with Crippen molar-refractivity contribution in [1.82, 2.24) is 4.98 Å². The quantitative estimate of drug-likeness (QED) is 0.765. The van der Waals surface area contributed by atoms with Gasteiger partial charge in [0.1, 0.15) is 5.75 Å². The number of ketones is 1. The SMILES string of the molecule is N#C[C@H](C(=O)/C=C\c1ccc(OC(F)F)cc1)c1ccccn1. The lowest BCUT2D eigenvalue weighted by Crippen LogP contribution is -2.09. The number of benzene rings is 1. The third-order valence-corrected chi connectivity index (χ3v) is 2.94. The highest BCUT2D eigenvalue weighted by molar-refractivity contribution is 6.00. The molecule has 0 aliphatic carbocycles. The molecule has 0 fully saturated rings. The van der Waals surface area contributed by atoms with E-state index in [4.69, 9.17) is 5.26 Å². The summed E-state index contributed by atoms with van der Waals surface area (Å²) in [6.45, 7) is -2.88. The molecule has 0 N–H and O–H groups in total. The first kappa shape index (κ1) is 16.3. The summed E-state index contributed by atoms with van der Waals surface area (Å²) in [6, 6.07) is 12.7. The molecule has 0 radical (unpaired) electrons. The monoisotopic (exact) mass is 314 g/mol. The molecule has 2 rings (SSSR count). The predicted molar refractivity (Wildman–Crippen MR) is 79.7 cm³/mol. The Morgan fingerprint density at radius 2 is 1.96 bits per heavy atom. The highest BCUT2D eigenvalue weighted by Gasteiger charge is 2.18. The molecule has 1 aromatic carbocycles. The number of pyridine rings is 1. The fourth-order valence-electron chi connectivity index (χ4n) is 1.86. The van der Waals surface area contributed by atoms with E-state index in [1.807, 2.05) is 6.07 Å². The summed E-state index contributed by atoms with van der Waals surface area (Å²) in [6.07, 6.45) is 4.28. The zero-order chi connectivity index (χ0) is 16.7. The highest BCUT2D eigenvalue weighted by Crippen LogP contribution is 2.17. The van der Waals surface area contributed by atoms with Crippen molar-refractivity contribution in [1.29, 1.82) is 5.26 Å². The molecule has 4 nitrogen and oxygen atoms in total. The van der Waals surface area contributed by atoms with E-state index in [-0.39, 0.29) is 5.75 Å². The molecule has 1 atom stereocenters. The Labute approximate surface area is 131 Å². The first-order chi connectivity index (χ1) is 11.1. The summed E-state index contributed by atoms with van der Waals surface area (Å²) in [7, 11) is 0. The molecular weight excluding hydrogens is 302 g/mol. The second-order valence-electron chi connectivity index (χ2n) is 4.50. The van der Waals surface area contributed by atoms with Crippen LogP contribution in [0.5, 0.6) is 5.75 Å². The molecular formula is C17H12F2N2O2. The summed E-state index contributed by atoms with van der Waals surface area (Å²) in [5.74, 6) is -1.35. The fourth-order valence-corrected chi connectivity index (χ4v) is 1.86. The Morgan fingerprint density at radius 1 is 1.22 bits per heavy atom. The van der Waals surface area contributed by atoms with Crippen LogP contribution in [0.25, 0.3) is 6.08 Å². The Morgan fingerprint density at radius 3 is 2.52 bits per heavy atom. The van der Waals surface area contributed by atoms with Crippen molar-refractivity contribution >= 4 is 11.9 Å². The van der Waals surface area contributed by atoms with Crippen molar-refractivity contribution < 1.29 is 18.3 Å². The third kappa shape index (κ3) is 4.71. The third-order valence-electron chi connectivity index (χ3n) is 2.94. The largest absolute Gasteiger partial charge is 0.435 e. The topological polar surface area (TPSA) is 63.0 Å². The van der Waals surface area contributed by atoms with E-state index in [9.17, 15) is 13.6 Å².